The molecule has 0 saturated carbocycles. The second-order valence-corrected chi connectivity index (χ2v) is 15.5. The van der Waals surface area contributed by atoms with Crippen LogP contribution in [0.5, 0.6) is 11.5 Å². The van der Waals surface area contributed by atoms with Crippen molar-refractivity contribution in [3.8, 4) is 11.5 Å². The number of thioether (sulfide) groups is 2. The summed E-state index contributed by atoms with van der Waals surface area (Å²) in [4.78, 5) is 30.5. The largest absolute Gasteiger partial charge is 0.492 e. The van der Waals surface area contributed by atoms with Crippen LogP contribution in [0.2, 0.25) is 0 Å². The van der Waals surface area contributed by atoms with Gasteiger partial charge in [-0.3, -0.25) is 9.59 Å². The van der Waals surface area contributed by atoms with Gasteiger partial charge in [-0.1, -0.05) is 150 Å². The third-order valence-electron chi connectivity index (χ3n) is 9.50. The van der Waals surface area contributed by atoms with Crippen LogP contribution in [-0.2, 0) is 22.7 Å². The third-order valence-corrected chi connectivity index (χ3v) is 12.1. The lowest BCUT2D eigenvalue weighted by molar-refractivity contribution is -0.149. The Hall–Kier alpha value is -3.36. The first-order valence-electron chi connectivity index (χ1n) is 18.1. The molecule has 49 heavy (non-hydrogen) atoms. The van der Waals surface area contributed by atoms with Gasteiger partial charge in [0.2, 0.25) is 0 Å². The van der Waals surface area contributed by atoms with Gasteiger partial charge in [0.1, 0.15) is 17.1 Å². The minimum Gasteiger partial charge on any atom is -0.492 e. The minimum absolute atomic E-state index is 0.219. The maximum absolute atomic E-state index is 14.3. The van der Waals surface area contributed by atoms with Gasteiger partial charge in [0.25, 0.3) is 11.8 Å². The highest BCUT2D eigenvalue weighted by Crippen LogP contribution is 2.60. The van der Waals surface area contributed by atoms with Gasteiger partial charge in [-0.25, -0.2) is 10.0 Å². The molecule has 6 nitrogen and oxygen atoms in total. The standard InChI is InChI=1S/C41H52N2O4S2/c1-6-10-18-30(8-3)27-46-34-24-29(5)36(47-28-31(9-4)19-11-7-2)38-37(34)48-41(49-38)35-39(44)42(25-32-20-14-12-15-21-32)43(40(35)45)26-33-22-16-13-17-23-33/h12-17,20-24,30-31H,6-11,18-19,25-28H2,1-5H3. The number of unbranched alkanes of at least 4 members (excludes halogenated alkanes) is 2. The molecule has 0 aliphatic carbocycles. The molecule has 0 N–H and O–H groups in total. The fourth-order valence-corrected chi connectivity index (χ4v) is 9.03. The van der Waals surface area contributed by atoms with Crippen molar-refractivity contribution in [2.45, 2.75) is 109 Å². The summed E-state index contributed by atoms with van der Waals surface area (Å²) in [6.45, 7) is 12.9. The predicted molar refractivity (Wildman–Crippen MR) is 202 cm³/mol. The van der Waals surface area contributed by atoms with Crippen LogP contribution < -0.4 is 9.47 Å². The Kier molecular flexibility index (Phi) is 13.6. The summed E-state index contributed by atoms with van der Waals surface area (Å²) in [7, 11) is 0. The van der Waals surface area contributed by atoms with Crippen LogP contribution in [0.15, 0.2) is 86.3 Å². The summed E-state index contributed by atoms with van der Waals surface area (Å²) < 4.78 is 13.9. The molecule has 2 unspecified atom stereocenters. The number of rotatable bonds is 18. The highest BCUT2D eigenvalue weighted by atomic mass is 32.2. The van der Waals surface area contributed by atoms with E-state index in [1.165, 1.54) is 49.2 Å². The smallest absolute Gasteiger partial charge is 0.280 e. The number of hydrogen-bond acceptors (Lipinski definition) is 6. The molecule has 8 heteroatoms. The summed E-state index contributed by atoms with van der Waals surface area (Å²) in [6, 6.07) is 21.8. The molecule has 3 aromatic carbocycles. The number of nitrogens with zero attached hydrogens (tertiary/aromatic N) is 2. The quantitative estimate of drug-likeness (QED) is 0.0972. The summed E-state index contributed by atoms with van der Waals surface area (Å²) in [5, 5.41) is 3.21. The molecule has 3 aromatic rings. The van der Waals surface area contributed by atoms with E-state index >= 15 is 0 Å². The number of ether oxygens (including phenoxy) is 2. The second-order valence-electron chi connectivity index (χ2n) is 13.2. The number of carbonyl (C=O) groups is 2. The number of hydrazine groups is 1. The third kappa shape index (κ3) is 9.06. The first-order chi connectivity index (χ1) is 23.9. The zero-order chi connectivity index (χ0) is 34.8. The fourth-order valence-electron chi connectivity index (χ4n) is 6.28. The Morgan fingerprint density at radius 2 is 1.16 bits per heavy atom. The van der Waals surface area contributed by atoms with Gasteiger partial charge in [0.15, 0.2) is 0 Å². The van der Waals surface area contributed by atoms with Crippen molar-refractivity contribution >= 4 is 35.3 Å². The van der Waals surface area contributed by atoms with Crippen molar-refractivity contribution in [3.63, 3.8) is 0 Å². The van der Waals surface area contributed by atoms with Gasteiger partial charge in [0.05, 0.1) is 40.3 Å². The normalized spacial score (nSPS) is 15.6. The lowest BCUT2D eigenvalue weighted by Gasteiger charge is -2.27. The number of carbonyl (C=O) groups excluding carboxylic acids is 2. The monoisotopic (exact) mass is 700 g/mol. The molecule has 0 bridgehead atoms. The van der Waals surface area contributed by atoms with E-state index < -0.39 is 0 Å². The number of hydrogen-bond donors (Lipinski definition) is 0. The van der Waals surface area contributed by atoms with Crippen molar-refractivity contribution in [2.75, 3.05) is 13.2 Å². The number of amides is 2. The van der Waals surface area contributed by atoms with Crippen molar-refractivity contribution in [2.24, 2.45) is 11.8 Å². The minimum atomic E-state index is -0.273. The van der Waals surface area contributed by atoms with Crippen LogP contribution >= 0.6 is 23.5 Å². The SMILES string of the molecule is CCCCC(CC)COc1cc(C)c(OCC(CC)CCCC)c2c1SC(=C1C(=O)N(Cc3ccccc3)N(Cc3ccccc3)C1=O)S2. The first-order valence-corrected chi connectivity index (χ1v) is 19.8. The molecule has 0 spiro atoms. The Morgan fingerprint density at radius 3 is 1.65 bits per heavy atom. The molecular weight excluding hydrogens is 649 g/mol. The Morgan fingerprint density at radius 1 is 0.673 bits per heavy atom. The molecular formula is C41H52N2O4S2. The average molecular weight is 701 g/mol. The van der Waals surface area contributed by atoms with Gasteiger partial charge in [-0.2, -0.15) is 0 Å². The average Bonchev–Trinajstić information content (AvgIpc) is 3.65. The van der Waals surface area contributed by atoms with E-state index in [2.05, 4.69) is 40.7 Å². The van der Waals surface area contributed by atoms with Crippen molar-refractivity contribution in [1.29, 1.82) is 0 Å². The van der Waals surface area contributed by atoms with Crippen LogP contribution in [0.3, 0.4) is 0 Å². The van der Waals surface area contributed by atoms with Gasteiger partial charge in [-0.15, -0.1) is 0 Å². The Balaban J connectivity index is 1.50. The Labute approximate surface area is 302 Å². The number of fused-ring (bicyclic) bond motifs is 1. The first kappa shape index (κ1) is 36.9. The lowest BCUT2D eigenvalue weighted by Crippen LogP contribution is -2.39. The van der Waals surface area contributed by atoms with E-state index in [9.17, 15) is 9.59 Å². The number of aryl methyl sites for hydroxylation is 1. The zero-order valence-corrected chi connectivity index (χ0v) is 31.5. The van der Waals surface area contributed by atoms with Crippen LogP contribution in [0, 0.1) is 18.8 Å². The molecule has 262 valence electrons. The molecule has 2 atom stereocenters. The molecule has 0 radical (unpaired) electrons. The molecule has 1 fully saturated rings. The maximum atomic E-state index is 14.3. The van der Waals surface area contributed by atoms with Crippen molar-refractivity contribution < 1.29 is 19.1 Å². The predicted octanol–water partition coefficient (Wildman–Crippen LogP) is 10.6. The van der Waals surface area contributed by atoms with E-state index in [1.807, 2.05) is 60.7 Å². The topological polar surface area (TPSA) is 59.1 Å². The van der Waals surface area contributed by atoms with E-state index in [1.54, 1.807) is 10.0 Å². The molecule has 2 aliphatic heterocycles. The highest BCUT2D eigenvalue weighted by Gasteiger charge is 2.45. The highest BCUT2D eigenvalue weighted by molar-refractivity contribution is 8.25. The molecule has 2 heterocycles. The summed E-state index contributed by atoms with van der Waals surface area (Å²) in [5.41, 5.74) is 3.16. The number of benzene rings is 3. The van der Waals surface area contributed by atoms with Crippen LogP contribution in [0.4, 0.5) is 0 Å². The van der Waals surface area contributed by atoms with E-state index in [0.29, 0.717) is 42.4 Å². The fraction of sp³-hybridized carbons (Fsp3) is 0.463. The van der Waals surface area contributed by atoms with Crippen molar-refractivity contribution in [1.82, 2.24) is 10.0 Å². The van der Waals surface area contributed by atoms with E-state index in [4.69, 9.17) is 9.47 Å². The summed E-state index contributed by atoms with van der Waals surface area (Å²) >= 11 is 2.97. The van der Waals surface area contributed by atoms with E-state index in [0.717, 1.165) is 63.7 Å². The Bertz CT molecular complexity index is 1530. The second kappa shape index (κ2) is 18.0. The van der Waals surface area contributed by atoms with Crippen molar-refractivity contribution in [3.05, 3.63) is 93.2 Å². The maximum Gasteiger partial charge on any atom is 0.280 e. The van der Waals surface area contributed by atoms with Crippen LogP contribution in [0.1, 0.15) is 95.8 Å². The molecule has 5 rings (SSSR count). The van der Waals surface area contributed by atoms with Gasteiger partial charge >= 0.3 is 0 Å². The molecule has 2 amide bonds. The van der Waals surface area contributed by atoms with E-state index in [-0.39, 0.29) is 17.4 Å². The molecule has 2 aliphatic rings. The molecule has 1 saturated heterocycles. The van der Waals surface area contributed by atoms with Gasteiger partial charge in [0, 0.05) is 0 Å². The van der Waals surface area contributed by atoms with Gasteiger partial charge < -0.3 is 9.47 Å². The van der Waals surface area contributed by atoms with Crippen LogP contribution in [0.25, 0.3) is 0 Å². The summed E-state index contributed by atoms with van der Waals surface area (Å²) in [6.07, 6.45) is 9.12. The van der Waals surface area contributed by atoms with Crippen LogP contribution in [-0.4, -0.2) is 35.0 Å². The zero-order valence-electron chi connectivity index (χ0n) is 29.8. The van der Waals surface area contributed by atoms with Gasteiger partial charge in [-0.05, 0) is 54.4 Å². The molecule has 0 aromatic heterocycles. The lowest BCUT2D eigenvalue weighted by atomic mass is 10.0. The summed E-state index contributed by atoms with van der Waals surface area (Å²) in [5.74, 6) is 2.05.